The molecule has 3 amide bonds. The molecule has 0 radical (unpaired) electrons. The molecular weight excluding hydrogens is 438 g/mol. The monoisotopic (exact) mass is 457 g/mol. The van der Waals surface area contributed by atoms with Crippen LogP contribution in [0.25, 0.3) is 0 Å². The highest BCUT2D eigenvalue weighted by Gasteiger charge is 2.51. The Labute approximate surface area is 175 Å². The summed E-state index contributed by atoms with van der Waals surface area (Å²) in [7, 11) is -4.50. The summed E-state index contributed by atoms with van der Waals surface area (Å²) in [5.74, 6) is -1.17. The lowest BCUT2D eigenvalue weighted by atomic mass is 10.1. The number of aliphatic imine (C=N–C) groups is 3. The van der Waals surface area contributed by atoms with E-state index in [1.165, 1.54) is 0 Å². The molecule has 168 valence electrons. The Morgan fingerprint density at radius 2 is 2.19 bits per heavy atom. The van der Waals surface area contributed by atoms with E-state index in [0.29, 0.717) is 13.0 Å². The molecule has 4 aliphatic rings. The quantitative estimate of drug-likeness (QED) is 0.272. The van der Waals surface area contributed by atoms with Gasteiger partial charge in [-0.15, -0.1) is 0 Å². The maximum Gasteiger partial charge on any atom is 0.362 e. The number of carbonyl (C=O) groups is 2. The van der Waals surface area contributed by atoms with Crippen molar-refractivity contribution in [3.63, 3.8) is 0 Å². The molecule has 0 bridgehead atoms. The van der Waals surface area contributed by atoms with E-state index in [2.05, 4.69) is 20.3 Å². The third-order valence-corrected chi connectivity index (χ3v) is 5.92. The standard InChI is InChI=1S/C15H19N7O8S/c16-11-8-12(19-5-18-11)22(15(26)20-8)14-10(24)9(23)7(30-14)4-29-31(27,28)21-13(25)6-2-1-3-17-6/h5-7,9-10,14,16-17,23-24H,1-4H2,(H,21,25)/t6-,7+,9+,10+,14+/m0/s1. The molecule has 0 spiro atoms. The van der Waals surface area contributed by atoms with Crippen molar-refractivity contribution in [2.75, 3.05) is 13.2 Å². The number of hydrogen-bond acceptors (Lipinski definition) is 11. The molecule has 31 heavy (non-hydrogen) atoms. The van der Waals surface area contributed by atoms with Gasteiger partial charge < -0.3 is 20.3 Å². The van der Waals surface area contributed by atoms with Gasteiger partial charge in [0.05, 0.1) is 12.6 Å². The molecule has 2 fully saturated rings. The van der Waals surface area contributed by atoms with Crippen LogP contribution >= 0.6 is 0 Å². The number of aliphatic hydroxyl groups is 2. The van der Waals surface area contributed by atoms with Gasteiger partial charge in [0, 0.05) is 0 Å². The number of amides is 3. The fraction of sp³-hybridized carbons (Fsp3) is 0.600. The first-order valence-electron chi connectivity index (χ1n) is 9.25. The maximum absolute atomic E-state index is 12.2. The minimum absolute atomic E-state index is 0.0910. The Morgan fingerprint density at radius 1 is 1.42 bits per heavy atom. The number of fused-ring (bicyclic) bond motifs is 1. The first-order valence-corrected chi connectivity index (χ1v) is 10.7. The summed E-state index contributed by atoms with van der Waals surface area (Å²) in [6.45, 7) is -0.146. The van der Waals surface area contributed by atoms with Crippen LogP contribution in [-0.2, 0) is 24.0 Å². The van der Waals surface area contributed by atoms with E-state index in [1.807, 2.05) is 0 Å². The van der Waals surface area contributed by atoms with Crippen molar-refractivity contribution in [3.8, 4) is 0 Å². The number of rotatable bonds is 6. The highest BCUT2D eigenvalue weighted by Crippen LogP contribution is 2.28. The van der Waals surface area contributed by atoms with Crippen LogP contribution < -0.4 is 10.0 Å². The Bertz CT molecular complexity index is 1000. The van der Waals surface area contributed by atoms with E-state index < -0.39 is 59.4 Å². The highest BCUT2D eigenvalue weighted by atomic mass is 32.2. The van der Waals surface area contributed by atoms with Gasteiger partial charge in [0.15, 0.2) is 23.6 Å². The first-order chi connectivity index (χ1) is 14.7. The van der Waals surface area contributed by atoms with Crippen LogP contribution in [0, 0.1) is 5.41 Å². The summed E-state index contributed by atoms with van der Waals surface area (Å²) in [5.41, 5.74) is -0.122. The topological polar surface area (TPSA) is 215 Å². The van der Waals surface area contributed by atoms with Crippen LogP contribution in [0.2, 0.25) is 0 Å². The van der Waals surface area contributed by atoms with Gasteiger partial charge in [-0.05, 0) is 19.4 Å². The van der Waals surface area contributed by atoms with Gasteiger partial charge in [-0.1, -0.05) is 0 Å². The average molecular weight is 457 g/mol. The lowest BCUT2D eigenvalue weighted by Gasteiger charge is -2.25. The lowest BCUT2D eigenvalue weighted by molar-refractivity contribution is -0.121. The predicted molar refractivity (Wildman–Crippen MR) is 103 cm³/mol. The molecule has 0 aliphatic carbocycles. The molecular formula is C15H19N7O8S. The zero-order valence-electron chi connectivity index (χ0n) is 15.8. The number of nitrogens with one attached hydrogen (secondary N) is 3. The summed E-state index contributed by atoms with van der Waals surface area (Å²) in [6, 6.07) is -1.54. The fourth-order valence-corrected chi connectivity index (χ4v) is 4.25. The number of urea groups is 1. The third kappa shape index (κ3) is 4.12. The zero-order chi connectivity index (χ0) is 22.3. The molecule has 5 atom stereocenters. The molecule has 2 saturated heterocycles. The van der Waals surface area contributed by atoms with Crippen LogP contribution in [0.3, 0.4) is 0 Å². The van der Waals surface area contributed by atoms with Gasteiger partial charge in [-0.2, -0.15) is 13.4 Å². The second-order valence-corrected chi connectivity index (χ2v) is 8.41. The number of ether oxygens (including phenoxy) is 1. The van der Waals surface area contributed by atoms with Crippen LogP contribution in [-0.4, -0.2) is 103 Å². The van der Waals surface area contributed by atoms with E-state index in [-0.39, 0.29) is 17.4 Å². The minimum atomic E-state index is -4.50. The molecule has 16 heteroatoms. The van der Waals surface area contributed by atoms with Gasteiger partial charge in [0.25, 0.3) is 5.91 Å². The summed E-state index contributed by atoms with van der Waals surface area (Å²) in [5, 5.41) is 31.1. The van der Waals surface area contributed by atoms with Gasteiger partial charge in [0.1, 0.15) is 24.7 Å². The number of carbonyl (C=O) groups excluding carboxylic acids is 2. The van der Waals surface area contributed by atoms with Crippen molar-refractivity contribution in [2.45, 2.75) is 43.4 Å². The SMILES string of the molecule is N=C1N=CN=C2C1=NC(=O)N2[C@@H]1O[C@H](COS(=O)(=O)NC(=O)[C@@H]2CCCN2)[C@@H](O)[C@H]1O. The Morgan fingerprint density at radius 3 is 2.90 bits per heavy atom. The van der Waals surface area contributed by atoms with Crippen molar-refractivity contribution in [1.82, 2.24) is 14.9 Å². The highest BCUT2D eigenvalue weighted by molar-refractivity contribution is 7.85. The lowest BCUT2D eigenvalue weighted by Crippen LogP contribution is -2.49. The molecule has 4 rings (SSSR count). The predicted octanol–water partition coefficient (Wildman–Crippen LogP) is -3.14. The van der Waals surface area contributed by atoms with Crippen LogP contribution in [0.4, 0.5) is 4.79 Å². The summed E-state index contributed by atoms with van der Waals surface area (Å²) in [4.78, 5) is 36.1. The molecule has 0 unspecified atom stereocenters. The Balaban J connectivity index is 1.39. The number of nitrogens with zero attached hydrogens (tertiary/aromatic N) is 4. The van der Waals surface area contributed by atoms with Gasteiger partial charge in [0.2, 0.25) is 0 Å². The van der Waals surface area contributed by atoms with Crippen molar-refractivity contribution in [1.29, 1.82) is 5.41 Å². The van der Waals surface area contributed by atoms with Crippen LogP contribution in [0.15, 0.2) is 15.0 Å². The molecule has 0 saturated carbocycles. The zero-order valence-corrected chi connectivity index (χ0v) is 16.7. The molecule has 4 aliphatic heterocycles. The molecule has 0 aromatic carbocycles. The molecule has 0 aromatic rings. The second kappa shape index (κ2) is 8.13. The summed E-state index contributed by atoms with van der Waals surface area (Å²) >= 11 is 0. The molecule has 0 aromatic heterocycles. The fourth-order valence-electron chi connectivity index (χ4n) is 3.49. The van der Waals surface area contributed by atoms with Gasteiger partial charge >= 0.3 is 16.3 Å². The van der Waals surface area contributed by atoms with Crippen LogP contribution in [0.5, 0.6) is 0 Å². The average Bonchev–Trinajstić information content (AvgIpc) is 3.41. The summed E-state index contributed by atoms with van der Waals surface area (Å²) < 4.78 is 36.0. The smallest absolute Gasteiger partial charge is 0.362 e. The number of amidine groups is 2. The molecule has 5 N–H and O–H groups in total. The third-order valence-electron chi connectivity index (χ3n) is 5.03. The summed E-state index contributed by atoms with van der Waals surface area (Å²) in [6.07, 6.45) is -3.85. The maximum atomic E-state index is 12.2. The van der Waals surface area contributed by atoms with E-state index >= 15 is 0 Å². The first kappa shape index (κ1) is 21.6. The Hall–Kier alpha value is -2.63. The molecule has 15 nitrogen and oxygen atoms in total. The van der Waals surface area contributed by atoms with Gasteiger partial charge in [-0.3, -0.25) is 14.4 Å². The van der Waals surface area contributed by atoms with E-state index in [0.717, 1.165) is 17.7 Å². The van der Waals surface area contributed by atoms with Crippen molar-refractivity contribution in [3.05, 3.63) is 0 Å². The van der Waals surface area contributed by atoms with Crippen LogP contribution in [0.1, 0.15) is 12.8 Å². The van der Waals surface area contributed by atoms with E-state index in [4.69, 9.17) is 14.3 Å². The van der Waals surface area contributed by atoms with Crippen molar-refractivity contribution >= 4 is 46.0 Å². The van der Waals surface area contributed by atoms with E-state index in [1.54, 1.807) is 4.72 Å². The number of aliphatic hydroxyl groups excluding tert-OH is 2. The van der Waals surface area contributed by atoms with E-state index in [9.17, 15) is 28.2 Å². The number of hydrogen-bond donors (Lipinski definition) is 5. The van der Waals surface area contributed by atoms with Crippen molar-refractivity contribution < 1.29 is 37.1 Å². The molecule has 4 heterocycles. The van der Waals surface area contributed by atoms with Gasteiger partial charge in [-0.25, -0.2) is 24.4 Å². The second-order valence-electron chi connectivity index (χ2n) is 7.06. The normalized spacial score (nSPS) is 32.8. The largest absolute Gasteiger partial charge is 0.387 e. The Kier molecular flexibility index (Phi) is 5.67. The van der Waals surface area contributed by atoms with Crippen molar-refractivity contribution in [2.24, 2.45) is 15.0 Å². The minimum Gasteiger partial charge on any atom is -0.387 e.